The number of anilines is 2. The first-order chi connectivity index (χ1) is 16.7. The number of para-hydroxylation sites is 1. The number of imide groups is 1. The third-order valence-corrected chi connectivity index (χ3v) is 5.24. The maximum absolute atomic E-state index is 13.4. The number of aryl methyl sites for hydroxylation is 1. The van der Waals surface area contributed by atoms with Crippen molar-refractivity contribution < 1.29 is 33.2 Å². The summed E-state index contributed by atoms with van der Waals surface area (Å²) in [6.07, 6.45) is 0. The number of hydrogen-bond acceptors (Lipinski definition) is 7. The number of carbonyl (C=O) groups is 4. The van der Waals surface area contributed by atoms with Crippen LogP contribution < -0.4 is 10.2 Å². The molecule has 3 aromatic rings. The van der Waals surface area contributed by atoms with Crippen LogP contribution in [0.2, 0.25) is 0 Å². The molecule has 0 spiro atoms. The second kappa shape index (κ2) is 9.14. The molecule has 176 valence electrons. The number of benzene rings is 3. The van der Waals surface area contributed by atoms with Crippen molar-refractivity contribution in [3.63, 3.8) is 0 Å². The first-order valence-electron chi connectivity index (χ1n) is 10.2. The molecular formula is C24H16FN3O7. The number of halogens is 1. The Kier molecular flexibility index (Phi) is 6.07. The molecule has 0 atom stereocenters. The molecule has 11 heteroatoms. The topological polar surface area (TPSA) is 136 Å². The lowest BCUT2D eigenvalue weighted by molar-refractivity contribution is -0.387. The zero-order valence-electron chi connectivity index (χ0n) is 18.1. The van der Waals surface area contributed by atoms with Gasteiger partial charge < -0.3 is 10.1 Å². The minimum Gasteiger partial charge on any atom is -0.452 e. The molecule has 0 fully saturated rings. The lowest BCUT2D eigenvalue weighted by Gasteiger charge is -2.16. The highest BCUT2D eigenvalue weighted by molar-refractivity contribution is 6.35. The van der Waals surface area contributed by atoms with Gasteiger partial charge in [-0.2, -0.15) is 4.39 Å². The minimum absolute atomic E-state index is 0.0239. The van der Waals surface area contributed by atoms with Crippen LogP contribution in [0, 0.1) is 22.9 Å². The number of esters is 1. The Morgan fingerprint density at radius 2 is 1.74 bits per heavy atom. The maximum Gasteiger partial charge on any atom is 0.338 e. The van der Waals surface area contributed by atoms with Crippen LogP contribution in [0.5, 0.6) is 0 Å². The van der Waals surface area contributed by atoms with Gasteiger partial charge in [0, 0.05) is 11.8 Å². The number of rotatable bonds is 6. The normalized spacial score (nSPS) is 12.3. The van der Waals surface area contributed by atoms with Gasteiger partial charge in [-0.3, -0.25) is 24.5 Å². The van der Waals surface area contributed by atoms with Crippen LogP contribution >= 0.6 is 0 Å². The molecular weight excluding hydrogens is 461 g/mol. The molecule has 1 N–H and O–H groups in total. The van der Waals surface area contributed by atoms with E-state index in [0.29, 0.717) is 5.69 Å². The van der Waals surface area contributed by atoms with Crippen LogP contribution in [0.25, 0.3) is 0 Å². The highest BCUT2D eigenvalue weighted by Crippen LogP contribution is 2.31. The number of carbonyl (C=O) groups excluding carboxylic acids is 4. The molecule has 0 aliphatic carbocycles. The number of nitrogens with one attached hydrogen (secondary N) is 1. The minimum atomic E-state index is -1.06. The largest absolute Gasteiger partial charge is 0.452 e. The van der Waals surface area contributed by atoms with E-state index < -0.39 is 46.7 Å². The molecule has 3 amide bonds. The molecule has 0 unspecified atom stereocenters. The number of nitrogens with zero attached hydrogens (tertiary/aromatic N) is 2. The molecule has 1 aliphatic heterocycles. The molecule has 1 heterocycles. The molecule has 4 rings (SSSR count). The zero-order valence-corrected chi connectivity index (χ0v) is 18.1. The van der Waals surface area contributed by atoms with Crippen LogP contribution in [0.1, 0.15) is 36.6 Å². The van der Waals surface area contributed by atoms with Crippen molar-refractivity contribution >= 4 is 40.8 Å². The summed E-state index contributed by atoms with van der Waals surface area (Å²) in [4.78, 5) is 61.1. The first kappa shape index (κ1) is 23.2. The summed E-state index contributed by atoms with van der Waals surface area (Å²) in [5.41, 5.74) is 0.372. The SMILES string of the molecule is Cc1ccccc1N1C(=O)c2ccc(C(=O)OCC(=O)Nc3ccc(F)c([N+](=O)[O-])c3)cc2C1=O. The van der Waals surface area contributed by atoms with E-state index >= 15 is 0 Å². The third kappa shape index (κ3) is 4.47. The van der Waals surface area contributed by atoms with Crippen LogP contribution in [0.4, 0.5) is 21.5 Å². The van der Waals surface area contributed by atoms with Gasteiger partial charge in [-0.1, -0.05) is 18.2 Å². The number of ether oxygens (including phenoxy) is 1. The molecule has 0 radical (unpaired) electrons. The van der Waals surface area contributed by atoms with Crippen LogP contribution in [0.3, 0.4) is 0 Å². The monoisotopic (exact) mass is 477 g/mol. The first-order valence-corrected chi connectivity index (χ1v) is 10.2. The second-order valence-electron chi connectivity index (χ2n) is 7.54. The molecule has 1 aliphatic rings. The Hall–Kier alpha value is -4.93. The Morgan fingerprint density at radius 1 is 1.03 bits per heavy atom. The van der Waals surface area contributed by atoms with Crippen molar-refractivity contribution in [2.45, 2.75) is 6.92 Å². The fourth-order valence-corrected chi connectivity index (χ4v) is 3.54. The molecule has 10 nitrogen and oxygen atoms in total. The highest BCUT2D eigenvalue weighted by atomic mass is 19.1. The average molecular weight is 477 g/mol. The van der Waals surface area contributed by atoms with Gasteiger partial charge in [0.2, 0.25) is 5.82 Å². The molecule has 0 bridgehead atoms. The van der Waals surface area contributed by atoms with Crippen molar-refractivity contribution in [1.82, 2.24) is 0 Å². The molecule has 3 aromatic carbocycles. The fraction of sp³-hybridized carbons (Fsp3) is 0.0833. The van der Waals surface area contributed by atoms with Gasteiger partial charge in [0.25, 0.3) is 17.7 Å². The summed E-state index contributed by atoms with van der Waals surface area (Å²) in [6.45, 7) is 1.01. The second-order valence-corrected chi connectivity index (χ2v) is 7.54. The Balaban J connectivity index is 1.44. The summed E-state index contributed by atoms with van der Waals surface area (Å²) in [7, 11) is 0. The number of amides is 3. The van der Waals surface area contributed by atoms with Gasteiger partial charge in [-0.25, -0.2) is 9.69 Å². The molecule has 0 aromatic heterocycles. The van der Waals surface area contributed by atoms with Gasteiger partial charge in [0.15, 0.2) is 6.61 Å². The lowest BCUT2D eigenvalue weighted by Crippen LogP contribution is -2.29. The van der Waals surface area contributed by atoms with E-state index in [1.807, 2.05) is 0 Å². The van der Waals surface area contributed by atoms with Crippen molar-refractivity contribution in [2.24, 2.45) is 0 Å². The van der Waals surface area contributed by atoms with Crippen molar-refractivity contribution in [1.29, 1.82) is 0 Å². The molecule has 35 heavy (non-hydrogen) atoms. The van der Waals surface area contributed by atoms with E-state index in [4.69, 9.17) is 4.74 Å². The maximum atomic E-state index is 13.4. The summed E-state index contributed by atoms with van der Waals surface area (Å²) in [5.74, 6) is -3.93. The van der Waals surface area contributed by atoms with Crippen LogP contribution in [-0.2, 0) is 9.53 Å². The third-order valence-electron chi connectivity index (χ3n) is 5.24. The van der Waals surface area contributed by atoms with Gasteiger partial charge in [-0.05, 0) is 48.9 Å². The predicted octanol–water partition coefficient (Wildman–Crippen LogP) is 3.64. The summed E-state index contributed by atoms with van der Waals surface area (Å²) < 4.78 is 18.4. The highest BCUT2D eigenvalue weighted by Gasteiger charge is 2.37. The van der Waals surface area contributed by atoms with E-state index in [9.17, 15) is 33.7 Å². The Bertz CT molecular complexity index is 1420. The van der Waals surface area contributed by atoms with Crippen LogP contribution in [0.15, 0.2) is 60.7 Å². The summed E-state index contributed by atoms with van der Waals surface area (Å²) in [5, 5.41) is 13.1. The van der Waals surface area contributed by atoms with Gasteiger partial charge in [0.1, 0.15) is 0 Å². The number of hydrogen-bond donors (Lipinski definition) is 1. The zero-order chi connectivity index (χ0) is 25.3. The van der Waals surface area contributed by atoms with E-state index in [2.05, 4.69) is 5.32 Å². The smallest absolute Gasteiger partial charge is 0.338 e. The Morgan fingerprint density at radius 3 is 2.46 bits per heavy atom. The lowest BCUT2D eigenvalue weighted by atomic mass is 10.1. The van der Waals surface area contributed by atoms with E-state index in [1.165, 1.54) is 18.2 Å². The fourth-order valence-electron chi connectivity index (χ4n) is 3.54. The van der Waals surface area contributed by atoms with Gasteiger partial charge in [-0.15, -0.1) is 0 Å². The standard InChI is InChI=1S/C24H16FN3O7/c1-13-4-2-3-5-19(13)27-22(30)16-8-6-14(10-17(16)23(27)31)24(32)35-12-21(29)26-15-7-9-18(25)20(11-15)28(33)34/h2-11H,12H2,1H3,(H,26,29). The average Bonchev–Trinajstić information content (AvgIpc) is 3.08. The van der Waals surface area contributed by atoms with E-state index in [1.54, 1.807) is 31.2 Å². The van der Waals surface area contributed by atoms with Crippen molar-refractivity contribution in [3.8, 4) is 0 Å². The van der Waals surface area contributed by atoms with Crippen molar-refractivity contribution in [3.05, 3.63) is 98.8 Å². The number of fused-ring (bicyclic) bond motifs is 1. The predicted molar refractivity (Wildman–Crippen MR) is 121 cm³/mol. The summed E-state index contributed by atoms with van der Waals surface area (Å²) >= 11 is 0. The number of nitro groups is 1. The molecule has 0 saturated heterocycles. The van der Waals surface area contributed by atoms with Gasteiger partial charge >= 0.3 is 11.7 Å². The van der Waals surface area contributed by atoms with Gasteiger partial charge in [0.05, 0.1) is 27.3 Å². The van der Waals surface area contributed by atoms with E-state index in [-0.39, 0.29) is 22.4 Å². The van der Waals surface area contributed by atoms with Crippen molar-refractivity contribution in [2.75, 3.05) is 16.8 Å². The van der Waals surface area contributed by atoms with E-state index in [0.717, 1.165) is 28.7 Å². The summed E-state index contributed by atoms with van der Waals surface area (Å²) in [6, 6.07) is 13.5. The number of nitro benzene ring substituents is 1. The molecule has 0 saturated carbocycles. The quantitative estimate of drug-likeness (QED) is 0.248. The van der Waals surface area contributed by atoms with Crippen LogP contribution in [-0.4, -0.2) is 35.2 Å². The Labute approximate surface area is 197 Å².